The molecule has 0 unspecified atom stereocenters. The van der Waals surface area contributed by atoms with Gasteiger partial charge in [-0.15, -0.1) is 10.2 Å². The number of benzene rings is 1. The Morgan fingerprint density at radius 3 is 2.72 bits per heavy atom. The molecule has 8 nitrogen and oxygen atoms in total. The first-order valence-electron chi connectivity index (χ1n) is 9.24. The predicted octanol–water partition coefficient (Wildman–Crippen LogP) is 3.15. The Labute approximate surface area is 187 Å². The Morgan fingerprint density at radius 2 is 1.91 bits per heavy atom. The van der Waals surface area contributed by atoms with Gasteiger partial charge in [-0.05, 0) is 29.8 Å². The maximum atomic E-state index is 13.9. The molecule has 11 heteroatoms. The molecule has 0 radical (unpaired) electrons. The van der Waals surface area contributed by atoms with E-state index in [0.717, 1.165) is 15.9 Å². The van der Waals surface area contributed by atoms with Crippen molar-refractivity contribution in [1.82, 2.24) is 24.1 Å². The van der Waals surface area contributed by atoms with Gasteiger partial charge >= 0.3 is 0 Å². The largest absolute Gasteiger partial charge is 0.276 e. The molecule has 0 bridgehead atoms. The molecule has 0 saturated heterocycles. The number of fused-ring (bicyclic) bond motifs is 2. The first kappa shape index (κ1) is 20.0. The zero-order valence-electron chi connectivity index (χ0n) is 16.1. The summed E-state index contributed by atoms with van der Waals surface area (Å²) in [7, 11) is 0. The van der Waals surface area contributed by atoms with Crippen LogP contribution in [0.1, 0.15) is 11.1 Å². The Bertz CT molecular complexity index is 1670. The quantitative estimate of drug-likeness (QED) is 0.298. The van der Waals surface area contributed by atoms with Crippen molar-refractivity contribution in [3.05, 3.63) is 92.4 Å². The fourth-order valence-electron chi connectivity index (χ4n) is 3.17. The topological polar surface area (TPSA) is 106 Å². The van der Waals surface area contributed by atoms with Crippen LogP contribution >= 0.6 is 23.1 Å². The van der Waals surface area contributed by atoms with Gasteiger partial charge in [0.05, 0.1) is 5.39 Å². The van der Waals surface area contributed by atoms with Crippen molar-refractivity contribution >= 4 is 39.8 Å². The molecule has 0 aliphatic carbocycles. The van der Waals surface area contributed by atoms with Gasteiger partial charge in [-0.2, -0.15) is 5.26 Å². The van der Waals surface area contributed by atoms with Gasteiger partial charge in [-0.3, -0.25) is 14.0 Å². The van der Waals surface area contributed by atoms with Crippen molar-refractivity contribution in [3.8, 4) is 11.2 Å². The van der Waals surface area contributed by atoms with Crippen LogP contribution in [-0.4, -0.2) is 24.1 Å². The Balaban J connectivity index is 1.65. The van der Waals surface area contributed by atoms with Crippen molar-refractivity contribution in [1.29, 1.82) is 5.26 Å². The molecule has 156 valence electrons. The van der Waals surface area contributed by atoms with E-state index in [1.165, 1.54) is 28.3 Å². The van der Waals surface area contributed by atoms with Crippen LogP contribution in [0.25, 0.3) is 21.8 Å². The van der Waals surface area contributed by atoms with Crippen molar-refractivity contribution in [2.24, 2.45) is 0 Å². The minimum absolute atomic E-state index is 0.0898. The molecule has 4 heterocycles. The fourth-order valence-corrected chi connectivity index (χ4v) is 5.00. The third-order valence-corrected chi connectivity index (χ3v) is 6.79. The highest BCUT2D eigenvalue weighted by atomic mass is 32.2. The molecule has 0 amide bonds. The molecule has 0 spiro atoms. The van der Waals surface area contributed by atoms with Crippen LogP contribution in [0.5, 0.6) is 0 Å². The number of thioether (sulfide) groups is 1. The van der Waals surface area contributed by atoms with E-state index in [0.29, 0.717) is 21.3 Å². The second-order valence-corrected chi connectivity index (χ2v) is 8.80. The summed E-state index contributed by atoms with van der Waals surface area (Å²) < 4.78 is 16.9. The van der Waals surface area contributed by atoms with Gasteiger partial charge in [0, 0.05) is 11.9 Å². The predicted molar refractivity (Wildman–Crippen MR) is 119 cm³/mol. The summed E-state index contributed by atoms with van der Waals surface area (Å²) in [5.41, 5.74) is -0.301. The van der Waals surface area contributed by atoms with E-state index in [9.17, 15) is 19.2 Å². The third kappa shape index (κ3) is 3.35. The lowest BCUT2D eigenvalue weighted by Gasteiger charge is -2.08. The number of nitrogens with zero attached hydrogens (tertiary/aromatic N) is 6. The van der Waals surface area contributed by atoms with Crippen LogP contribution in [0, 0.1) is 17.1 Å². The number of nitriles is 1. The third-order valence-electron chi connectivity index (χ3n) is 4.70. The number of aromatic nitrogens is 5. The first-order chi connectivity index (χ1) is 15.6. The lowest BCUT2D eigenvalue weighted by Crippen LogP contribution is -2.26. The van der Waals surface area contributed by atoms with E-state index >= 15 is 0 Å². The number of hydrogen-bond donors (Lipinski definition) is 0. The monoisotopic (exact) mass is 462 g/mol. The number of rotatable bonds is 4. The fraction of sp³-hybridized carbons (Fsp3) is 0.0476. The molecule has 0 fully saturated rings. The van der Waals surface area contributed by atoms with Gasteiger partial charge in [0.2, 0.25) is 5.13 Å². The molecule has 4 aromatic heterocycles. The maximum absolute atomic E-state index is 13.9. The first-order valence-corrected chi connectivity index (χ1v) is 11.0. The zero-order valence-corrected chi connectivity index (χ0v) is 17.7. The second kappa shape index (κ2) is 7.99. The molecule has 0 atom stereocenters. The molecule has 1 aromatic carbocycles. The van der Waals surface area contributed by atoms with Gasteiger partial charge in [-0.25, -0.2) is 13.9 Å². The van der Waals surface area contributed by atoms with Crippen LogP contribution in [0.2, 0.25) is 0 Å². The van der Waals surface area contributed by atoms with E-state index in [1.807, 2.05) is 6.07 Å². The Kier molecular flexibility index (Phi) is 5.01. The van der Waals surface area contributed by atoms with E-state index in [4.69, 9.17) is 0 Å². The van der Waals surface area contributed by atoms with E-state index in [-0.39, 0.29) is 27.5 Å². The zero-order chi connectivity index (χ0) is 22.2. The molecule has 5 rings (SSSR count). The van der Waals surface area contributed by atoms with Gasteiger partial charge < -0.3 is 0 Å². The molecule has 32 heavy (non-hydrogen) atoms. The lowest BCUT2D eigenvalue weighted by molar-refractivity contribution is 0.617. The standard InChI is InChI=1S/C21H11FN6O2S2/c22-15-6-2-1-5-12(15)11-31-21-26-25-20(32-21)28-17-14(9-13(10-23)18(28)29)19(30)27-8-4-3-7-16(27)24-17/h1-9H,11H2. The summed E-state index contributed by atoms with van der Waals surface area (Å²) in [6.07, 6.45) is 1.56. The summed E-state index contributed by atoms with van der Waals surface area (Å²) in [5, 5.41) is 17.9. The molecular formula is C21H11FN6O2S2. The van der Waals surface area contributed by atoms with E-state index < -0.39 is 11.1 Å². The summed E-state index contributed by atoms with van der Waals surface area (Å²) in [6.45, 7) is 0. The van der Waals surface area contributed by atoms with Crippen LogP contribution in [0.3, 0.4) is 0 Å². The smallest absolute Gasteiger partial charge is 0.268 e. The molecule has 0 aliphatic rings. The van der Waals surface area contributed by atoms with Gasteiger partial charge in [0.15, 0.2) is 9.99 Å². The highest BCUT2D eigenvalue weighted by molar-refractivity contribution is 8.00. The van der Waals surface area contributed by atoms with Crippen molar-refractivity contribution in [2.45, 2.75) is 10.1 Å². The average Bonchev–Trinajstić information content (AvgIpc) is 3.27. The summed E-state index contributed by atoms with van der Waals surface area (Å²) in [4.78, 5) is 30.4. The van der Waals surface area contributed by atoms with Crippen molar-refractivity contribution < 1.29 is 4.39 Å². The van der Waals surface area contributed by atoms with Crippen molar-refractivity contribution in [3.63, 3.8) is 0 Å². The second-order valence-electron chi connectivity index (χ2n) is 6.62. The molecule has 0 N–H and O–H groups in total. The number of halogens is 1. The molecular weight excluding hydrogens is 451 g/mol. The highest BCUT2D eigenvalue weighted by Gasteiger charge is 2.19. The highest BCUT2D eigenvalue weighted by Crippen LogP contribution is 2.29. The minimum atomic E-state index is -0.644. The number of pyridine rings is 2. The molecule has 0 saturated carbocycles. The van der Waals surface area contributed by atoms with E-state index in [1.54, 1.807) is 42.6 Å². The van der Waals surface area contributed by atoms with Gasteiger partial charge in [-0.1, -0.05) is 47.4 Å². The van der Waals surface area contributed by atoms with E-state index in [2.05, 4.69) is 15.2 Å². The summed E-state index contributed by atoms with van der Waals surface area (Å²) in [6, 6.07) is 14.6. The van der Waals surface area contributed by atoms with Crippen LogP contribution in [-0.2, 0) is 5.75 Å². The van der Waals surface area contributed by atoms with Gasteiger partial charge in [0.1, 0.15) is 23.1 Å². The van der Waals surface area contributed by atoms with Crippen molar-refractivity contribution in [2.75, 3.05) is 0 Å². The molecule has 5 aromatic rings. The minimum Gasteiger partial charge on any atom is -0.268 e. The normalized spacial score (nSPS) is 11.1. The molecule has 0 aliphatic heterocycles. The maximum Gasteiger partial charge on any atom is 0.276 e. The lowest BCUT2D eigenvalue weighted by atomic mass is 10.2. The van der Waals surface area contributed by atoms with Gasteiger partial charge in [0.25, 0.3) is 11.1 Å². The van der Waals surface area contributed by atoms with Crippen LogP contribution < -0.4 is 11.1 Å². The van der Waals surface area contributed by atoms with Crippen LogP contribution in [0.4, 0.5) is 4.39 Å². The summed E-state index contributed by atoms with van der Waals surface area (Å²) in [5.74, 6) is 0.0182. The number of hydrogen-bond acceptors (Lipinski definition) is 8. The average molecular weight is 462 g/mol. The SMILES string of the molecule is N#Cc1cc2c(=O)n3ccccc3nc2n(-c2nnc(SCc3ccccc3F)s2)c1=O. The summed E-state index contributed by atoms with van der Waals surface area (Å²) >= 11 is 2.36. The Hall–Kier alpha value is -3.88. The Morgan fingerprint density at radius 1 is 1.09 bits per heavy atom. The van der Waals surface area contributed by atoms with Crippen LogP contribution in [0.15, 0.2) is 68.7 Å².